The summed E-state index contributed by atoms with van der Waals surface area (Å²) in [7, 11) is -2.59. The van der Waals surface area contributed by atoms with Gasteiger partial charge in [-0.1, -0.05) is 24.3 Å². The molecule has 10 heteroatoms. The van der Waals surface area contributed by atoms with Gasteiger partial charge in [0.1, 0.15) is 23.0 Å². The van der Waals surface area contributed by atoms with E-state index in [0.29, 0.717) is 11.3 Å². The first kappa shape index (κ1) is 21.2. The van der Waals surface area contributed by atoms with Crippen molar-refractivity contribution < 1.29 is 22.1 Å². The van der Waals surface area contributed by atoms with E-state index < -0.39 is 10.1 Å². The van der Waals surface area contributed by atoms with Crippen LogP contribution in [0.5, 0.6) is 11.5 Å². The molecule has 0 fully saturated rings. The summed E-state index contributed by atoms with van der Waals surface area (Å²) in [5, 5.41) is 12.1. The Morgan fingerprint density at radius 1 is 1.25 bits per heavy atom. The van der Waals surface area contributed by atoms with E-state index >= 15 is 0 Å². The van der Waals surface area contributed by atoms with Gasteiger partial charge in [0, 0.05) is 6.72 Å². The maximum Gasteiger partial charge on any atom is 0.301 e. The summed E-state index contributed by atoms with van der Waals surface area (Å²) in [4.78, 5) is -0.0360. The third kappa shape index (κ3) is 5.69. The largest absolute Gasteiger partial charge is 0.495 e. The fourth-order valence-electron chi connectivity index (χ4n) is 2.28. The molecule has 0 heterocycles. The molecule has 150 valence electrons. The summed E-state index contributed by atoms with van der Waals surface area (Å²) in [6, 6.07) is 13.1. The van der Waals surface area contributed by atoms with Crippen LogP contribution in [0.2, 0.25) is 0 Å². The van der Waals surface area contributed by atoms with E-state index in [4.69, 9.17) is 24.8 Å². The zero-order chi connectivity index (χ0) is 20.6. The van der Waals surface area contributed by atoms with E-state index in [-0.39, 0.29) is 36.4 Å². The number of benzene rings is 2. The summed E-state index contributed by atoms with van der Waals surface area (Å²) >= 11 is 0. The molecule has 0 aliphatic carbocycles. The van der Waals surface area contributed by atoms with Gasteiger partial charge in [0.2, 0.25) is 5.96 Å². The van der Waals surface area contributed by atoms with Crippen molar-refractivity contribution in [1.82, 2.24) is 5.01 Å². The number of nitrogens with zero attached hydrogens (tertiary/aromatic N) is 2. The molecule has 0 saturated carbocycles. The van der Waals surface area contributed by atoms with Crippen molar-refractivity contribution in [2.45, 2.75) is 11.5 Å². The van der Waals surface area contributed by atoms with Crippen molar-refractivity contribution in [1.29, 1.82) is 5.41 Å². The lowest BCUT2D eigenvalue weighted by molar-refractivity contribution is 0.269. The number of nitrogens with one attached hydrogen (secondary N) is 1. The molecule has 0 aliphatic heterocycles. The predicted octanol–water partition coefficient (Wildman–Crippen LogP) is 1.79. The Balaban J connectivity index is 1.99. The van der Waals surface area contributed by atoms with Crippen LogP contribution in [0.15, 0.2) is 58.5 Å². The van der Waals surface area contributed by atoms with Gasteiger partial charge < -0.3 is 15.2 Å². The van der Waals surface area contributed by atoms with Gasteiger partial charge in [0.25, 0.3) is 0 Å². The van der Waals surface area contributed by atoms with Gasteiger partial charge in [0.15, 0.2) is 0 Å². The van der Waals surface area contributed by atoms with Crippen molar-refractivity contribution in [2.75, 3.05) is 20.3 Å². The van der Waals surface area contributed by atoms with Gasteiger partial charge in [-0.05, 0) is 29.8 Å². The number of rotatable bonds is 10. The second-order valence-corrected chi connectivity index (χ2v) is 7.10. The molecule has 3 N–H and O–H groups in total. The topological polar surface area (TPSA) is 127 Å². The minimum Gasteiger partial charge on any atom is -0.495 e. The molecule has 0 saturated heterocycles. The second kappa shape index (κ2) is 9.72. The Morgan fingerprint density at radius 2 is 2.00 bits per heavy atom. The summed E-state index contributed by atoms with van der Waals surface area (Å²) in [5.41, 5.74) is 5.95. The van der Waals surface area contributed by atoms with Crippen molar-refractivity contribution in [3.8, 4) is 11.5 Å². The number of para-hydroxylation sites is 1. The third-order valence-corrected chi connectivity index (χ3v) is 4.94. The van der Waals surface area contributed by atoms with Crippen LogP contribution in [-0.4, -0.2) is 46.4 Å². The lowest BCUT2D eigenvalue weighted by Gasteiger charge is -2.16. The number of hydrogen-bond acceptors (Lipinski definition) is 7. The van der Waals surface area contributed by atoms with Crippen molar-refractivity contribution >= 4 is 22.8 Å². The molecular formula is C18H22N4O5S. The fourth-order valence-corrected chi connectivity index (χ4v) is 3.34. The van der Waals surface area contributed by atoms with Crippen LogP contribution in [0, 0.1) is 5.41 Å². The van der Waals surface area contributed by atoms with E-state index in [1.807, 2.05) is 0 Å². The lowest BCUT2D eigenvalue weighted by atomic mass is 10.2. The Morgan fingerprint density at radius 3 is 2.68 bits per heavy atom. The van der Waals surface area contributed by atoms with E-state index in [2.05, 4.69) is 11.8 Å². The smallest absolute Gasteiger partial charge is 0.301 e. The van der Waals surface area contributed by atoms with Crippen LogP contribution in [0.1, 0.15) is 5.56 Å². The standard InChI is InChI=1S/C18H22N4O5S/c1-21-22(18(19)20)10-11-26-15-7-5-6-14(12-15)13-27-28(23,24)17-9-4-3-8-16(17)25-2/h3-9,12H,1,10-11,13H2,2H3,(H3,19,20). The Bertz CT molecular complexity index is 933. The zero-order valence-corrected chi connectivity index (χ0v) is 16.2. The van der Waals surface area contributed by atoms with Gasteiger partial charge in [-0.25, -0.2) is 5.01 Å². The van der Waals surface area contributed by atoms with Crippen molar-refractivity contribution in [3.63, 3.8) is 0 Å². The number of guanidine groups is 1. The average Bonchev–Trinajstić information content (AvgIpc) is 2.70. The van der Waals surface area contributed by atoms with Gasteiger partial charge in [-0.15, -0.1) is 0 Å². The van der Waals surface area contributed by atoms with Crippen LogP contribution in [0.4, 0.5) is 0 Å². The van der Waals surface area contributed by atoms with E-state index in [9.17, 15) is 8.42 Å². The normalized spacial score (nSPS) is 10.9. The molecule has 0 aromatic heterocycles. The van der Waals surface area contributed by atoms with Crippen LogP contribution >= 0.6 is 0 Å². The molecule has 0 bridgehead atoms. The van der Waals surface area contributed by atoms with Gasteiger partial charge in [0.05, 0.1) is 20.3 Å². The first-order chi connectivity index (χ1) is 13.4. The van der Waals surface area contributed by atoms with Crippen LogP contribution in [0.25, 0.3) is 0 Å². The molecule has 0 spiro atoms. The monoisotopic (exact) mass is 406 g/mol. The zero-order valence-electron chi connectivity index (χ0n) is 15.4. The highest BCUT2D eigenvalue weighted by molar-refractivity contribution is 7.86. The number of nitrogens with two attached hydrogens (primary N) is 1. The first-order valence-corrected chi connectivity index (χ1v) is 9.60. The van der Waals surface area contributed by atoms with Crippen molar-refractivity contribution in [3.05, 3.63) is 54.1 Å². The van der Waals surface area contributed by atoms with E-state index in [1.54, 1.807) is 42.5 Å². The Kier molecular flexibility index (Phi) is 7.36. The molecule has 0 radical (unpaired) electrons. The molecule has 2 aromatic rings. The van der Waals surface area contributed by atoms with Gasteiger partial charge in [-0.3, -0.25) is 9.59 Å². The molecule has 0 atom stereocenters. The van der Waals surface area contributed by atoms with Crippen molar-refractivity contribution in [2.24, 2.45) is 10.8 Å². The summed E-state index contributed by atoms with van der Waals surface area (Å²) in [6.45, 7) is 3.62. The molecule has 0 unspecified atom stereocenters. The minimum absolute atomic E-state index is 0.0360. The van der Waals surface area contributed by atoms with Crippen LogP contribution in [-0.2, 0) is 20.9 Å². The van der Waals surface area contributed by atoms with Crippen LogP contribution in [0.3, 0.4) is 0 Å². The SMILES string of the molecule is C=NN(CCOc1cccc(COS(=O)(=O)c2ccccc2OC)c1)C(=N)N. The average molecular weight is 406 g/mol. The van der Waals surface area contributed by atoms with Gasteiger partial charge in [-0.2, -0.15) is 13.5 Å². The number of hydrogen-bond donors (Lipinski definition) is 2. The maximum atomic E-state index is 12.4. The summed E-state index contributed by atoms with van der Waals surface area (Å²) in [6.07, 6.45) is 0. The second-order valence-electron chi connectivity index (χ2n) is 5.51. The molecule has 0 aliphatic rings. The third-order valence-electron chi connectivity index (χ3n) is 3.64. The van der Waals surface area contributed by atoms with Crippen LogP contribution < -0.4 is 15.2 Å². The number of hydrazone groups is 1. The number of ether oxygens (including phenoxy) is 2. The molecule has 0 amide bonds. The Labute approximate surface area is 164 Å². The molecule has 2 aromatic carbocycles. The van der Waals surface area contributed by atoms with Gasteiger partial charge >= 0.3 is 10.1 Å². The fraction of sp³-hybridized carbons (Fsp3) is 0.222. The number of methoxy groups -OCH3 is 1. The summed E-state index contributed by atoms with van der Waals surface area (Å²) in [5.74, 6) is 0.496. The molecule has 28 heavy (non-hydrogen) atoms. The minimum atomic E-state index is -3.98. The molecule has 9 nitrogen and oxygen atoms in total. The highest BCUT2D eigenvalue weighted by atomic mass is 32.2. The summed E-state index contributed by atoms with van der Waals surface area (Å²) < 4.78 is 40.7. The Hall–Kier alpha value is -3.11. The van der Waals surface area contributed by atoms with E-state index in [0.717, 1.165) is 0 Å². The predicted molar refractivity (Wildman–Crippen MR) is 105 cm³/mol. The molecular weight excluding hydrogens is 384 g/mol. The van der Waals surface area contributed by atoms with E-state index in [1.165, 1.54) is 18.2 Å². The lowest BCUT2D eigenvalue weighted by Crippen LogP contribution is -2.34. The first-order valence-electron chi connectivity index (χ1n) is 8.19. The highest BCUT2D eigenvalue weighted by Gasteiger charge is 2.20. The highest BCUT2D eigenvalue weighted by Crippen LogP contribution is 2.25. The molecule has 2 rings (SSSR count). The quantitative estimate of drug-likeness (QED) is 0.266. The maximum absolute atomic E-state index is 12.4.